The standard InChI is InChI=1S/C46H64O15/c1-8-12-15-22-33(48)25-27-36(49)54-28-35-41(59-37(50)26-24-32-20-17-14-18-21-32)42(60-44(53)29(5)11-4)39(52)45(58-35)61-43-38(51)40(56-31(7)47)30(6)55-46(43)57-34(19-10-3)23-16-13-9-2/h8,10-11,14,17-18,20-21,24,26,30,34-35,38-43,45-46,51-52H,1,3,9,12-13,15-16,19,22-23,25,27-28H2,2,4-7H3/b26-24+,29-11+/t30?,34-,35?,38?,39?,40+,41-,42-,43-,45+,46+/m1/s1. The maximum Gasteiger partial charge on any atom is 0.333 e. The molecule has 2 heterocycles. The van der Waals surface area contributed by atoms with Gasteiger partial charge in [-0.15, -0.1) is 13.2 Å². The topological polar surface area (TPSA) is 200 Å². The van der Waals surface area contributed by atoms with Gasteiger partial charge in [-0.25, -0.2) is 9.59 Å². The van der Waals surface area contributed by atoms with E-state index in [0.717, 1.165) is 25.3 Å². The van der Waals surface area contributed by atoms with E-state index < -0.39 is 98.0 Å². The summed E-state index contributed by atoms with van der Waals surface area (Å²) in [6.07, 6.45) is -2.89. The Balaban J connectivity index is 2.02. The predicted molar refractivity (Wildman–Crippen MR) is 223 cm³/mol. The third-order valence-corrected chi connectivity index (χ3v) is 10.2. The Labute approximate surface area is 359 Å². The molecule has 338 valence electrons. The van der Waals surface area contributed by atoms with E-state index in [2.05, 4.69) is 20.1 Å². The van der Waals surface area contributed by atoms with Crippen molar-refractivity contribution >= 4 is 35.7 Å². The molecule has 15 nitrogen and oxygen atoms in total. The molecule has 61 heavy (non-hydrogen) atoms. The second-order valence-corrected chi connectivity index (χ2v) is 15.1. The van der Waals surface area contributed by atoms with Crippen LogP contribution in [0.15, 0.2) is 73.4 Å². The minimum Gasteiger partial charge on any atom is -0.463 e. The summed E-state index contributed by atoms with van der Waals surface area (Å²) in [4.78, 5) is 64.2. The lowest BCUT2D eigenvalue weighted by molar-refractivity contribution is -0.369. The van der Waals surface area contributed by atoms with Gasteiger partial charge in [0.15, 0.2) is 30.9 Å². The Bertz CT molecular complexity index is 1640. The van der Waals surface area contributed by atoms with Crippen molar-refractivity contribution in [1.29, 1.82) is 0 Å². The summed E-state index contributed by atoms with van der Waals surface area (Å²) in [5, 5.41) is 23.7. The molecule has 0 radical (unpaired) electrons. The quantitative estimate of drug-likeness (QED) is 0.0394. The lowest BCUT2D eigenvalue weighted by Gasteiger charge is -2.47. The summed E-state index contributed by atoms with van der Waals surface area (Å²) in [6.45, 7) is 14.8. The fourth-order valence-corrected chi connectivity index (χ4v) is 6.71. The van der Waals surface area contributed by atoms with Gasteiger partial charge < -0.3 is 48.1 Å². The molecule has 11 atom stereocenters. The van der Waals surface area contributed by atoms with E-state index in [9.17, 15) is 34.2 Å². The number of carbonyl (C=O) groups is 5. The maximum absolute atomic E-state index is 13.4. The fraction of sp³-hybridized carbons (Fsp3) is 0.587. The van der Waals surface area contributed by atoms with Gasteiger partial charge in [-0.2, -0.15) is 0 Å². The highest BCUT2D eigenvalue weighted by atomic mass is 16.8. The molecule has 0 spiro atoms. The number of aliphatic hydroxyl groups is 2. The van der Waals surface area contributed by atoms with Gasteiger partial charge in [0.25, 0.3) is 0 Å². The van der Waals surface area contributed by atoms with Crippen LogP contribution in [0.3, 0.4) is 0 Å². The average Bonchev–Trinajstić information content (AvgIpc) is 3.23. The molecule has 1 aromatic rings. The van der Waals surface area contributed by atoms with Gasteiger partial charge in [-0.1, -0.05) is 74.7 Å². The van der Waals surface area contributed by atoms with Gasteiger partial charge in [-0.3, -0.25) is 14.4 Å². The first-order valence-corrected chi connectivity index (χ1v) is 21.0. The Kier molecular flexibility index (Phi) is 22.3. The van der Waals surface area contributed by atoms with Gasteiger partial charge in [-0.05, 0) is 58.1 Å². The number of esters is 4. The van der Waals surface area contributed by atoms with Crippen molar-refractivity contribution in [2.45, 2.75) is 166 Å². The largest absolute Gasteiger partial charge is 0.463 e. The van der Waals surface area contributed by atoms with E-state index in [1.807, 2.05) is 6.07 Å². The summed E-state index contributed by atoms with van der Waals surface area (Å²) in [6, 6.07) is 8.88. The van der Waals surface area contributed by atoms with Crippen molar-refractivity contribution in [1.82, 2.24) is 0 Å². The molecule has 4 unspecified atom stereocenters. The van der Waals surface area contributed by atoms with Crippen LogP contribution >= 0.6 is 0 Å². The van der Waals surface area contributed by atoms with Crippen molar-refractivity contribution in [2.75, 3.05) is 6.61 Å². The van der Waals surface area contributed by atoms with Crippen LogP contribution in [-0.4, -0.2) is 114 Å². The molecule has 0 bridgehead atoms. The lowest BCUT2D eigenvalue weighted by Crippen LogP contribution is -2.65. The van der Waals surface area contributed by atoms with Crippen LogP contribution in [0.2, 0.25) is 0 Å². The van der Waals surface area contributed by atoms with Gasteiger partial charge >= 0.3 is 23.9 Å². The molecule has 0 aromatic heterocycles. The third-order valence-electron chi connectivity index (χ3n) is 10.2. The van der Waals surface area contributed by atoms with Gasteiger partial charge in [0.1, 0.15) is 36.8 Å². The van der Waals surface area contributed by atoms with Crippen LogP contribution in [0.1, 0.15) is 104 Å². The Hall–Kier alpha value is -4.51. The Morgan fingerprint density at radius 3 is 2.23 bits per heavy atom. The number of rotatable bonds is 25. The van der Waals surface area contributed by atoms with E-state index in [1.54, 1.807) is 50.3 Å². The highest BCUT2D eigenvalue weighted by molar-refractivity contribution is 5.88. The number of unbranched alkanes of at least 4 members (excludes halogenated alkanes) is 3. The van der Waals surface area contributed by atoms with Crippen LogP contribution in [0.25, 0.3) is 6.08 Å². The lowest BCUT2D eigenvalue weighted by atomic mass is 9.96. The molecule has 2 aliphatic heterocycles. The zero-order valence-electron chi connectivity index (χ0n) is 36.0. The second-order valence-electron chi connectivity index (χ2n) is 15.1. The third kappa shape index (κ3) is 16.7. The number of ketones is 1. The molecule has 2 saturated heterocycles. The highest BCUT2D eigenvalue weighted by Gasteiger charge is 2.55. The van der Waals surface area contributed by atoms with Crippen LogP contribution in [0, 0.1) is 0 Å². The molecule has 2 N–H and O–H groups in total. The summed E-state index contributed by atoms with van der Waals surface area (Å²) in [7, 11) is 0. The minimum atomic E-state index is -1.91. The maximum atomic E-state index is 13.4. The summed E-state index contributed by atoms with van der Waals surface area (Å²) >= 11 is 0. The fourth-order valence-electron chi connectivity index (χ4n) is 6.71. The van der Waals surface area contributed by atoms with E-state index in [0.29, 0.717) is 31.2 Å². The van der Waals surface area contributed by atoms with Crippen molar-refractivity contribution < 1.29 is 72.1 Å². The number of ether oxygens (including phenoxy) is 8. The molecule has 3 rings (SSSR count). The van der Waals surface area contributed by atoms with Gasteiger partial charge in [0, 0.05) is 31.4 Å². The number of hydrogen-bond donors (Lipinski definition) is 2. The predicted octanol–water partition coefficient (Wildman–Crippen LogP) is 5.79. The van der Waals surface area contributed by atoms with E-state index in [-0.39, 0.29) is 30.6 Å². The van der Waals surface area contributed by atoms with Crippen molar-refractivity contribution in [3.8, 4) is 0 Å². The van der Waals surface area contributed by atoms with Crippen molar-refractivity contribution in [3.05, 3.63) is 78.9 Å². The molecular weight excluding hydrogens is 792 g/mol. The van der Waals surface area contributed by atoms with Crippen molar-refractivity contribution in [3.63, 3.8) is 0 Å². The molecule has 0 amide bonds. The summed E-state index contributed by atoms with van der Waals surface area (Å²) in [5.41, 5.74) is 0.834. The first-order valence-electron chi connectivity index (χ1n) is 21.0. The first kappa shape index (κ1) is 50.8. The molecule has 15 heteroatoms. The van der Waals surface area contributed by atoms with Crippen LogP contribution < -0.4 is 0 Å². The van der Waals surface area contributed by atoms with E-state index in [4.69, 9.17) is 37.9 Å². The number of benzene rings is 1. The molecule has 0 saturated carbocycles. The normalized spacial score (nSPS) is 27.1. The highest BCUT2D eigenvalue weighted by Crippen LogP contribution is 2.34. The Morgan fingerprint density at radius 1 is 0.836 bits per heavy atom. The zero-order chi connectivity index (χ0) is 44.9. The minimum absolute atomic E-state index is 0.0777. The number of hydrogen-bond acceptors (Lipinski definition) is 15. The molecule has 0 aliphatic carbocycles. The van der Waals surface area contributed by atoms with Crippen LogP contribution in [0.5, 0.6) is 0 Å². The number of Topliss-reactive ketones (excluding diaryl/α,β-unsaturated/α-hetero) is 1. The summed E-state index contributed by atoms with van der Waals surface area (Å²) in [5.74, 6) is -3.39. The van der Waals surface area contributed by atoms with Crippen LogP contribution in [-0.2, 0) is 61.9 Å². The molecule has 2 fully saturated rings. The number of aliphatic hydroxyl groups excluding tert-OH is 2. The van der Waals surface area contributed by atoms with Crippen molar-refractivity contribution in [2.24, 2.45) is 0 Å². The van der Waals surface area contributed by atoms with E-state index in [1.165, 1.54) is 26.0 Å². The molecule has 2 aliphatic rings. The van der Waals surface area contributed by atoms with E-state index >= 15 is 0 Å². The number of allylic oxidation sites excluding steroid dienone is 2. The smallest absolute Gasteiger partial charge is 0.333 e. The Morgan fingerprint density at radius 2 is 1.57 bits per heavy atom. The SMILES string of the molecule is C=CCCCC(=O)CCC(=O)OCC1O[C@@H](O[C@@H]2C(O)[C@@H](OC(C)=O)C(C)O[C@H]2O[C@H](CC=C)CCCCC)C(O)[C@@H](OC(=O)/C(C)=C/C)[C@@H]1OC(=O)/C=C/c1ccccc1. The van der Waals surface area contributed by atoms with Gasteiger partial charge in [0.2, 0.25) is 0 Å². The van der Waals surface area contributed by atoms with Gasteiger partial charge in [0.05, 0.1) is 18.6 Å². The monoisotopic (exact) mass is 856 g/mol. The second kappa shape index (κ2) is 26.7. The zero-order valence-corrected chi connectivity index (χ0v) is 36.0. The summed E-state index contributed by atoms with van der Waals surface area (Å²) < 4.78 is 47.7. The molecular formula is C46H64O15. The average molecular weight is 857 g/mol. The molecule has 1 aromatic carbocycles. The van der Waals surface area contributed by atoms with Crippen LogP contribution in [0.4, 0.5) is 0 Å². The number of carbonyl (C=O) groups excluding carboxylic acids is 5. The first-order chi connectivity index (χ1) is 29.2.